The van der Waals surface area contributed by atoms with E-state index in [4.69, 9.17) is 46.4 Å². The number of fused-ring (bicyclic) bond motifs is 2. The predicted octanol–water partition coefficient (Wildman–Crippen LogP) is 36.7. The monoisotopic (exact) mass is 1690 g/mol. The van der Waals surface area contributed by atoms with E-state index in [9.17, 15) is 0 Å². The topological polar surface area (TPSA) is 74.8 Å². The number of carbonyl (C=O) groups is 4. The van der Waals surface area contributed by atoms with Crippen LogP contribution in [0.3, 0.4) is 0 Å². The van der Waals surface area contributed by atoms with Gasteiger partial charge in [-0.2, -0.15) is 0 Å². The van der Waals surface area contributed by atoms with E-state index < -0.39 is 23.6 Å². The molecule has 0 aliphatic carbocycles. The minimum Gasteiger partial charge on any atom is -0.268 e. The van der Waals surface area contributed by atoms with Crippen molar-refractivity contribution in [1.82, 2.24) is 0 Å². The summed E-state index contributed by atoms with van der Waals surface area (Å²) in [5.41, 5.74) is 10.3. The van der Waals surface area contributed by atoms with Crippen molar-refractivity contribution in [2.24, 2.45) is 0 Å². The number of benzene rings is 7. The normalized spacial score (nSPS) is 13.1. The van der Waals surface area contributed by atoms with Gasteiger partial charge in [-0.15, -0.1) is 0 Å². The fourth-order valence-electron chi connectivity index (χ4n) is 20.1. The molecule has 2 heterocycles. The third-order valence-electron chi connectivity index (χ3n) is 27.0. The number of imide groups is 2. The first-order chi connectivity index (χ1) is 57.8. The summed E-state index contributed by atoms with van der Waals surface area (Å²) >= 11 is 31.1. The molecule has 0 atom stereocenters. The van der Waals surface area contributed by atoms with Crippen LogP contribution in [0, 0.1) is 0 Å². The van der Waals surface area contributed by atoms with Crippen LogP contribution in [0.2, 0.25) is 20.1 Å². The number of unbranched alkanes of at least 4 members (excludes halogenated alkanes) is 54. The van der Waals surface area contributed by atoms with Gasteiger partial charge in [-0.3, -0.25) is 19.2 Å². The molecule has 0 saturated carbocycles. The second-order valence-corrected chi connectivity index (χ2v) is 38.2. The van der Waals surface area contributed by atoms with Crippen molar-refractivity contribution in [3.05, 3.63) is 124 Å². The van der Waals surface area contributed by atoms with Crippen molar-refractivity contribution < 1.29 is 19.2 Å². The summed E-state index contributed by atoms with van der Waals surface area (Å²) in [5.74, 6) is -1.76. The molecule has 10 heteroatoms. The summed E-state index contributed by atoms with van der Waals surface area (Å²) in [6.07, 6.45) is 81.3. The van der Waals surface area contributed by atoms with Gasteiger partial charge in [0.05, 0.1) is 33.6 Å². The maximum absolute atomic E-state index is 16.0. The number of halogens is 4. The van der Waals surface area contributed by atoms with Gasteiger partial charge in [0.15, 0.2) is 0 Å². The van der Waals surface area contributed by atoms with E-state index in [2.05, 4.69) is 65.8 Å². The van der Waals surface area contributed by atoms with Crippen LogP contribution in [0.25, 0.3) is 43.1 Å². The maximum Gasteiger partial charge on any atom is 0.266 e. The van der Waals surface area contributed by atoms with E-state index in [-0.39, 0.29) is 20.1 Å². The largest absolute Gasteiger partial charge is 0.268 e. The van der Waals surface area contributed by atoms with Crippen LogP contribution in [0.5, 0.6) is 0 Å². The summed E-state index contributed by atoms with van der Waals surface area (Å²) in [7, 11) is 0. The van der Waals surface area contributed by atoms with Crippen molar-refractivity contribution in [1.29, 1.82) is 0 Å². The average molecular weight is 1690 g/mol. The number of rotatable bonds is 68. The molecular formula is C108H158Cl4N2O4. The van der Waals surface area contributed by atoms with Gasteiger partial charge in [0, 0.05) is 63.2 Å². The Bertz CT molecular complexity index is 3700. The molecule has 7 aromatic rings. The summed E-state index contributed by atoms with van der Waals surface area (Å²) in [4.78, 5) is 66.9. The highest BCUT2D eigenvalue weighted by Gasteiger charge is 2.41. The number of anilines is 2. The fourth-order valence-corrected chi connectivity index (χ4v) is 21.3. The first-order valence-corrected chi connectivity index (χ1v) is 51.4. The fraction of sp³-hybridized carbons (Fsp3) is 0.667. The Labute approximate surface area is 737 Å². The predicted molar refractivity (Wildman–Crippen MR) is 516 cm³/mol. The Morgan fingerprint density at radius 1 is 0.186 bits per heavy atom. The molecule has 0 bridgehead atoms. The van der Waals surface area contributed by atoms with E-state index in [1.54, 1.807) is 24.3 Å². The number of hydrogen-bond acceptors (Lipinski definition) is 4. The van der Waals surface area contributed by atoms with Crippen LogP contribution in [0.4, 0.5) is 11.4 Å². The maximum atomic E-state index is 16.0. The van der Waals surface area contributed by atoms with Gasteiger partial charge in [0.25, 0.3) is 23.6 Å². The van der Waals surface area contributed by atoms with Crippen LogP contribution in [-0.2, 0) is 38.5 Å². The first-order valence-electron chi connectivity index (χ1n) is 49.9. The average Bonchev–Trinajstić information content (AvgIpc) is 0.674. The Balaban J connectivity index is 1.07. The quantitative estimate of drug-likeness (QED) is 0.0165. The number of nitrogens with zero attached hydrogens (tertiary/aromatic N) is 2. The minimum absolute atomic E-state index is 0.247. The van der Waals surface area contributed by atoms with Crippen molar-refractivity contribution >= 4 is 124 Å². The zero-order valence-corrected chi connectivity index (χ0v) is 78.4. The van der Waals surface area contributed by atoms with Gasteiger partial charge in [-0.25, -0.2) is 9.80 Å². The van der Waals surface area contributed by atoms with Crippen molar-refractivity contribution in [3.8, 4) is 0 Å². The highest BCUT2D eigenvalue weighted by molar-refractivity contribution is 6.57. The van der Waals surface area contributed by atoms with E-state index >= 15 is 19.2 Å². The summed E-state index contributed by atoms with van der Waals surface area (Å²) in [6.45, 7) is 13.7. The molecule has 2 aliphatic heterocycles. The Morgan fingerprint density at radius 3 is 0.508 bits per heavy atom. The van der Waals surface area contributed by atoms with Crippen molar-refractivity contribution in [2.75, 3.05) is 9.80 Å². The molecule has 9 rings (SSSR count). The molecule has 0 unspecified atom stereocenters. The second kappa shape index (κ2) is 54.8. The number of carbonyl (C=O) groups excluding carboxylic acids is 4. The molecule has 652 valence electrons. The lowest BCUT2D eigenvalue weighted by Crippen LogP contribution is -2.41. The molecule has 2 aliphatic rings. The lowest BCUT2D eigenvalue weighted by atomic mass is 9.81. The number of hydrogen-bond donors (Lipinski definition) is 0. The molecule has 0 fully saturated rings. The molecule has 7 aromatic carbocycles. The molecule has 4 amide bonds. The molecule has 118 heavy (non-hydrogen) atoms. The van der Waals surface area contributed by atoms with E-state index in [1.807, 2.05) is 0 Å². The molecule has 6 nitrogen and oxygen atoms in total. The number of aryl methyl sites for hydroxylation is 4. The summed E-state index contributed by atoms with van der Waals surface area (Å²) < 4.78 is 0. The Morgan fingerprint density at radius 2 is 0.339 bits per heavy atom. The standard InChI is InChI=1S/C108H158Cl4N2O4/c1-7-13-19-25-31-37-43-49-55-61-67-81-73-85(74-82(68-62-56-50-44-38-32-26-20-14-8-2)87(81)71-65-59-53-47-41-35-29-23-17-11-5)113-105(115)89-77-93(109)99-101-95(111)79-91-98-92(80-96(112)102(104(98)101)100-94(110)78-90(106(113)116)97(89)103(99)100)108(118)114(107(91)117)86-75-83(69-63-57-51-45-39-33-27-21-15-9-3)88(72-66-60-54-48-42-36-30-24-18-12-6)84(76-86)70-64-58-52-46-40-34-28-22-16-10-4/h73-80H,7-72H2,1-6H3. The van der Waals surface area contributed by atoms with Gasteiger partial charge in [0.1, 0.15) is 0 Å². The van der Waals surface area contributed by atoms with Crippen LogP contribution in [0.1, 0.15) is 502 Å². The zero-order valence-electron chi connectivity index (χ0n) is 75.3. The van der Waals surface area contributed by atoms with Crippen LogP contribution in [0.15, 0.2) is 48.5 Å². The van der Waals surface area contributed by atoms with Crippen molar-refractivity contribution in [3.63, 3.8) is 0 Å². The molecule has 0 spiro atoms. The zero-order chi connectivity index (χ0) is 83.6. The molecule has 0 saturated heterocycles. The summed E-state index contributed by atoms with van der Waals surface area (Å²) in [5, 5.41) is 4.88. The number of amides is 4. The molecule has 0 aromatic heterocycles. The van der Waals surface area contributed by atoms with Gasteiger partial charge in [-0.05, 0) is 159 Å². The molecular weight excluding hydrogens is 1530 g/mol. The lowest BCUT2D eigenvalue weighted by molar-refractivity contribution is 0.0877. The van der Waals surface area contributed by atoms with Gasteiger partial charge >= 0.3 is 0 Å². The summed E-state index contributed by atoms with van der Waals surface area (Å²) in [6, 6.07) is 15.6. The highest BCUT2D eigenvalue weighted by Crippen LogP contribution is 2.55. The smallest absolute Gasteiger partial charge is 0.266 e. The molecule has 0 N–H and O–H groups in total. The van der Waals surface area contributed by atoms with Gasteiger partial charge in [-0.1, -0.05) is 435 Å². The van der Waals surface area contributed by atoms with E-state index in [1.165, 1.54) is 364 Å². The Kier molecular flexibility index (Phi) is 45.1. The van der Waals surface area contributed by atoms with Gasteiger partial charge in [0.2, 0.25) is 0 Å². The minimum atomic E-state index is -0.439. The van der Waals surface area contributed by atoms with Gasteiger partial charge < -0.3 is 0 Å². The lowest BCUT2D eigenvalue weighted by Gasteiger charge is -2.32. The van der Waals surface area contributed by atoms with E-state index in [0.717, 1.165) is 103 Å². The van der Waals surface area contributed by atoms with Crippen LogP contribution >= 0.6 is 46.4 Å². The molecule has 0 radical (unpaired) electrons. The van der Waals surface area contributed by atoms with Crippen LogP contribution < -0.4 is 9.80 Å². The third-order valence-corrected chi connectivity index (χ3v) is 28.2. The first kappa shape index (κ1) is 97.1. The SMILES string of the molecule is CCCCCCCCCCCCc1cc(N2C(=O)c3cc(Cl)c4c5c(Cl)cc6c7c(cc(Cl)c(c8c(Cl)cc(c3c48)C2=O)c75)C(=O)N(c2cc(CCCCCCCCCCCC)c(CCCCCCCCCCCC)c(CCCCCCCCCCCC)c2)C6=O)cc(CCCCCCCCCCCC)c1CCCCCCCCCCCC. The highest BCUT2D eigenvalue weighted by atomic mass is 35.5. The van der Waals surface area contributed by atoms with Crippen LogP contribution in [-0.4, -0.2) is 23.6 Å². The third kappa shape index (κ3) is 28.1. The van der Waals surface area contributed by atoms with Crippen molar-refractivity contribution in [2.45, 2.75) is 465 Å². The van der Waals surface area contributed by atoms with E-state index in [0.29, 0.717) is 76.7 Å². The second-order valence-electron chi connectivity index (χ2n) is 36.6. The Hall–Kier alpha value is -4.72.